The molecule has 2 aromatic rings. The minimum Gasteiger partial charge on any atom is -0.463 e. The van der Waals surface area contributed by atoms with Crippen LogP contribution in [0.1, 0.15) is 10.4 Å². The maximum atomic E-state index is 11.5. The molecule has 0 saturated heterocycles. The molecule has 14 heavy (non-hydrogen) atoms. The summed E-state index contributed by atoms with van der Waals surface area (Å²) in [6, 6.07) is 7.41. The molecular weight excluding hydrogens is 180 g/mol. The summed E-state index contributed by atoms with van der Waals surface area (Å²) in [5.41, 5.74) is 6.32. The Morgan fingerprint density at radius 1 is 1.36 bits per heavy atom. The van der Waals surface area contributed by atoms with Gasteiger partial charge in [-0.2, -0.15) is 0 Å². The van der Waals surface area contributed by atoms with Crippen LogP contribution in [-0.2, 0) is 0 Å². The fourth-order valence-corrected chi connectivity index (χ4v) is 1.33. The van der Waals surface area contributed by atoms with Crippen molar-refractivity contribution in [1.29, 1.82) is 0 Å². The van der Waals surface area contributed by atoms with Gasteiger partial charge in [-0.3, -0.25) is 10.2 Å². The number of hydrazine groups is 1. The number of nitrogens with one attached hydrogen (secondary N) is 2. The minimum absolute atomic E-state index is 0.197. The highest BCUT2D eigenvalue weighted by atomic mass is 16.3. The Morgan fingerprint density at radius 2 is 2.14 bits per heavy atom. The van der Waals surface area contributed by atoms with Crippen molar-refractivity contribution < 1.29 is 9.21 Å². The molecule has 1 amide bonds. The summed E-state index contributed by atoms with van der Waals surface area (Å²) in [6.07, 6.45) is 1.46. The van der Waals surface area contributed by atoms with Crippen molar-refractivity contribution in [3.05, 3.63) is 36.1 Å². The molecule has 4 nitrogen and oxygen atoms in total. The van der Waals surface area contributed by atoms with Crippen molar-refractivity contribution >= 4 is 16.9 Å². The molecule has 0 spiro atoms. The highest BCUT2D eigenvalue weighted by Gasteiger charge is 2.11. The molecule has 0 saturated carbocycles. The Kier molecular flexibility index (Phi) is 2.20. The fraction of sp³-hybridized carbons (Fsp3) is 0.100. The first-order valence-corrected chi connectivity index (χ1v) is 4.26. The number of carbonyl (C=O) groups is 1. The molecule has 1 aromatic carbocycles. The van der Waals surface area contributed by atoms with E-state index in [0.29, 0.717) is 11.1 Å². The van der Waals surface area contributed by atoms with Crippen molar-refractivity contribution in [2.45, 2.75) is 0 Å². The topological polar surface area (TPSA) is 54.3 Å². The minimum atomic E-state index is -0.197. The maximum absolute atomic E-state index is 11.5. The van der Waals surface area contributed by atoms with Crippen LogP contribution in [0.2, 0.25) is 0 Å². The van der Waals surface area contributed by atoms with Crippen LogP contribution in [0.15, 0.2) is 34.9 Å². The lowest BCUT2D eigenvalue weighted by atomic mass is 10.2. The van der Waals surface area contributed by atoms with Gasteiger partial charge in [0.25, 0.3) is 5.91 Å². The lowest BCUT2D eigenvalue weighted by Gasteiger charge is -1.99. The van der Waals surface area contributed by atoms with Crippen LogP contribution in [0.5, 0.6) is 0 Å². The summed E-state index contributed by atoms with van der Waals surface area (Å²) in [7, 11) is 1.64. The van der Waals surface area contributed by atoms with Gasteiger partial charge in [0.05, 0.1) is 5.56 Å². The Hall–Kier alpha value is -1.81. The van der Waals surface area contributed by atoms with Gasteiger partial charge >= 0.3 is 0 Å². The van der Waals surface area contributed by atoms with Crippen LogP contribution >= 0.6 is 0 Å². The van der Waals surface area contributed by atoms with Gasteiger partial charge in [0.2, 0.25) is 0 Å². The highest BCUT2D eigenvalue weighted by Crippen LogP contribution is 2.20. The average molecular weight is 190 g/mol. The molecule has 0 aliphatic carbocycles. The molecule has 0 atom stereocenters. The van der Waals surface area contributed by atoms with Gasteiger partial charge in [-0.05, 0) is 6.07 Å². The molecular formula is C10H10N2O2. The largest absolute Gasteiger partial charge is 0.463 e. The Balaban J connectivity index is 2.47. The standard InChI is InChI=1S/C10H10N2O2/c1-11-12-10(13)8-6-14-9-5-3-2-4-7(8)9/h2-6,11H,1H3,(H,12,13). The van der Waals surface area contributed by atoms with E-state index in [4.69, 9.17) is 4.42 Å². The molecule has 1 heterocycles. The number of rotatable bonds is 2. The van der Waals surface area contributed by atoms with E-state index in [1.54, 1.807) is 7.05 Å². The third-order valence-electron chi connectivity index (χ3n) is 1.96. The number of hydrogen-bond donors (Lipinski definition) is 2. The number of carbonyl (C=O) groups excluding carboxylic acids is 1. The molecule has 2 rings (SSSR count). The first-order valence-electron chi connectivity index (χ1n) is 4.26. The van der Waals surface area contributed by atoms with E-state index in [1.165, 1.54) is 6.26 Å². The van der Waals surface area contributed by atoms with Gasteiger partial charge in [-0.1, -0.05) is 18.2 Å². The third kappa shape index (κ3) is 1.36. The lowest BCUT2D eigenvalue weighted by molar-refractivity contribution is 0.0939. The Bertz CT molecular complexity index is 462. The molecule has 0 unspecified atom stereocenters. The van der Waals surface area contributed by atoms with Crippen LogP contribution in [0.3, 0.4) is 0 Å². The summed E-state index contributed by atoms with van der Waals surface area (Å²) >= 11 is 0. The molecule has 72 valence electrons. The second-order valence-corrected chi connectivity index (χ2v) is 2.85. The maximum Gasteiger partial charge on any atom is 0.269 e. The quantitative estimate of drug-likeness (QED) is 0.702. The van der Waals surface area contributed by atoms with Crippen molar-refractivity contribution in [1.82, 2.24) is 10.9 Å². The molecule has 4 heteroatoms. The normalized spacial score (nSPS) is 10.4. The van der Waals surface area contributed by atoms with E-state index < -0.39 is 0 Å². The summed E-state index contributed by atoms with van der Waals surface area (Å²) in [6.45, 7) is 0. The number of hydrogen-bond acceptors (Lipinski definition) is 3. The number of furan rings is 1. The van der Waals surface area contributed by atoms with E-state index in [-0.39, 0.29) is 5.91 Å². The SMILES string of the molecule is CNNC(=O)c1coc2ccccc12. The second-order valence-electron chi connectivity index (χ2n) is 2.85. The summed E-state index contributed by atoms with van der Waals surface area (Å²) in [5, 5.41) is 0.820. The zero-order valence-corrected chi connectivity index (χ0v) is 7.70. The first kappa shape index (κ1) is 8.77. The number of para-hydroxylation sites is 1. The van der Waals surface area contributed by atoms with Crippen LogP contribution in [0.4, 0.5) is 0 Å². The van der Waals surface area contributed by atoms with Crippen LogP contribution < -0.4 is 10.9 Å². The number of benzene rings is 1. The number of amides is 1. The summed E-state index contributed by atoms with van der Waals surface area (Å²) < 4.78 is 5.23. The zero-order valence-electron chi connectivity index (χ0n) is 7.70. The van der Waals surface area contributed by atoms with Crippen molar-refractivity contribution in [3.63, 3.8) is 0 Å². The van der Waals surface area contributed by atoms with Crippen LogP contribution in [0.25, 0.3) is 11.0 Å². The van der Waals surface area contributed by atoms with Crippen molar-refractivity contribution in [2.75, 3.05) is 7.05 Å². The summed E-state index contributed by atoms with van der Waals surface area (Å²) in [4.78, 5) is 11.5. The van der Waals surface area contributed by atoms with Crippen LogP contribution in [-0.4, -0.2) is 13.0 Å². The van der Waals surface area contributed by atoms with Gasteiger partial charge in [0.1, 0.15) is 11.8 Å². The monoisotopic (exact) mass is 190 g/mol. The van der Waals surface area contributed by atoms with E-state index >= 15 is 0 Å². The molecule has 0 bridgehead atoms. The van der Waals surface area contributed by atoms with E-state index in [9.17, 15) is 4.79 Å². The first-order chi connectivity index (χ1) is 6.83. The van der Waals surface area contributed by atoms with E-state index in [2.05, 4.69) is 10.9 Å². The third-order valence-corrected chi connectivity index (χ3v) is 1.96. The fourth-order valence-electron chi connectivity index (χ4n) is 1.33. The average Bonchev–Trinajstić information content (AvgIpc) is 2.61. The lowest BCUT2D eigenvalue weighted by Crippen LogP contribution is -2.33. The van der Waals surface area contributed by atoms with Crippen LogP contribution in [0, 0.1) is 0 Å². The van der Waals surface area contributed by atoms with Gasteiger partial charge in [-0.15, -0.1) is 0 Å². The molecule has 0 radical (unpaired) electrons. The van der Waals surface area contributed by atoms with E-state index in [0.717, 1.165) is 5.39 Å². The predicted molar refractivity (Wildman–Crippen MR) is 52.7 cm³/mol. The predicted octanol–water partition coefficient (Wildman–Crippen LogP) is 1.30. The number of fused-ring (bicyclic) bond motifs is 1. The second kappa shape index (κ2) is 3.51. The molecule has 0 aliphatic rings. The smallest absolute Gasteiger partial charge is 0.269 e. The molecule has 0 aliphatic heterocycles. The Labute approximate surface area is 80.9 Å². The molecule has 0 fully saturated rings. The van der Waals surface area contributed by atoms with Crippen molar-refractivity contribution in [3.8, 4) is 0 Å². The summed E-state index contributed by atoms with van der Waals surface area (Å²) in [5.74, 6) is -0.197. The van der Waals surface area contributed by atoms with Gasteiger partial charge in [-0.25, -0.2) is 5.43 Å². The highest BCUT2D eigenvalue weighted by molar-refractivity contribution is 6.05. The van der Waals surface area contributed by atoms with Crippen molar-refractivity contribution in [2.24, 2.45) is 0 Å². The van der Waals surface area contributed by atoms with Gasteiger partial charge in [0, 0.05) is 12.4 Å². The molecule has 1 aromatic heterocycles. The zero-order chi connectivity index (χ0) is 9.97. The molecule has 2 N–H and O–H groups in total. The van der Waals surface area contributed by atoms with E-state index in [1.807, 2.05) is 24.3 Å². The van der Waals surface area contributed by atoms with Gasteiger partial charge in [0.15, 0.2) is 0 Å². The van der Waals surface area contributed by atoms with Gasteiger partial charge < -0.3 is 4.42 Å². The Morgan fingerprint density at radius 3 is 2.93 bits per heavy atom.